The van der Waals surface area contributed by atoms with Gasteiger partial charge in [0.15, 0.2) is 0 Å². The Balaban J connectivity index is 1.70. The SMILES string of the molecule is CN1C(=O)CC[C@H](C(=O)NCCc2ccco2)[C@H]1c1nccn1C. The van der Waals surface area contributed by atoms with E-state index in [0.29, 0.717) is 25.8 Å². The first-order valence-corrected chi connectivity index (χ1v) is 8.11. The molecule has 3 rings (SSSR count). The van der Waals surface area contributed by atoms with E-state index in [1.54, 1.807) is 24.4 Å². The van der Waals surface area contributed by atoms with E-state index in [0.717, 1.165) is 11.6 Å². The van der Waals surface area contributed by atoms with Crippen LogP contribution in [0.3, 0.4) is 0 Å². The van der Waals surface area contributed by atoms with Crippen molar-refractivity contribution >= 4 is 11.8 Å². The molecule has 7 nitrogen and oxygen atoms in total. The van der Waals surface area contributed by atoms with Crippen LogP contribution < -0.4 is 5.32 Å². The Morgan fingerprint density at radius 3 is 2.96 bits per heavy atom. The van der Waals surface area contributed by atoms with E-state index in [4.69, 9.17) is 4.42 Å². The van der Waals surface area contributed by atoms with Gasteiger partial charge in [-0.15, -0.1) is 0 Å². The van der Waals surface area contributed by atoms with Crippen LogP contribution >= 0.6 is 0 Å². The lowest BCUT2D eigenvalue weighted by molar-refractivity contribution is -0.142. The molecule has 24 heavy (non-hydrogen) atoms. The zero-order valence-corrected chi connectivity index (χ0v) is 13.9. The van der Waals surface area contributed by atoms with Gasteiger partial charge in [-0.1, -0.05) is 0 Å². The molecule has 1 aliphatic heterocycles. The van der Waals surface area contributed by atoms with Crippen molar-refractivity contribution in [2.75, 3.05) is 13.6 Å². The average molecular weight is 330 g/mol. The number of carbonyl (C=O) groups is 2. The molecule has 3 heterocycles. The quantitative estimate of drug-likeness (QED) is 0.895. The summed E-state index contributed by atoms with van der Waals surface area (Å²) in [7, 11) is 3.62. The summed E-state index contributed by atoms with van der Waals surface area (Å²) in [6.07, 6.45) is 6.70. The molecular formula is C17H22N4O3. The molecular weight excluding hydrogens is 308 g/mol. The summed E-state index contributed by atoms with van der Waals surface area (Å²) in [6.45, 7) is 0.508. The van der Waals surface area contributed by atoms with Gasteiger partial charge in [0.25, 0.3) is 0 Å². The second-order valence-corrected chi connectivity index (χ2v) is 6.11. The summed E-state index contributed by atoms with van der Waals surface area (Å²) in [4.78, 5) is 30.8. The van der Waals surface area contributed by atoms with Crippen molar-refractivity contribution in [2.45, 2.75) is 25.3 Å². The van der Waals surface area contributed by atoms with E-state index in [1.165, 1.54) is 0 Å². The Bertz CT molecular complexity index is 707. The molecule has 2 amide bonds. The minimum Gasteiger partial charge on any atom is -0.469 e. The number of imidazole rings is 1. The van der Waals surface area contributed by atoms with Crippen LogP contribution in [0.4, 0.5) is 0 Å². The molecule has 1 fully saturated rings. The Morgan fingerprint density at radius 2 is 2.29 bits per heavy atom. The minimum absolute atomic E-state index is 0.0441. The highest BCUT2D eigenvalue weighted by Gasteiger charge is 2.40. The number of nitrogens with one attached hydrogen (secondary N) is 1. The third-order valence-corrected chi connectivity index (χ3v) is 4.57. The summed E-state index contributed by atoms with van der Waals surface area (Å²) in [5.41, 5.74) is 0. The standard InChI is InChI=1S/C17H22N4O3/c1-20-10-9-18-16(20)15-13(5-6-14(22)21(15)2)17(23)19-8-7-12-4-3-11-24-12/h3-4,9-11,13,15H,5-8H2,1-2H3,(H,19,23)/t13-,15-/m0/s1. The van der Waals surface area contributed by atoms with Crippen molar-refractivity contribution in [3.63, 3.8) is 0 Å². The maximum absolute atomic E-state index is 12.7. The molecule has 2 aromatic rings. The van der Waals surface area contributed by atoms with Gasteiger partial charge < -0.3 is 19.2 Å². The largest absolute Gasteiger partial charge is 0.469 e. The number of hydrogen-bond donors (Lipinski definition) is 1. The van der Waals surface area contributed by atoms with Crippen molar-refractivity contribution in [3.05, 3.63) is 42.4 Å². The first-order valence-electron chi connectivity index (χ1n) is 8.11. The van der Waals surface area contributed by atoms with Crippen LogP contribution in [0.2, 0.25) is 0 Å². The number of likely N-dealkylation sites (tertiary alicyclic amines) is 1. The molecule has 0 bridgehead atoms. The van der Waals surface area contributed by atoms with Crippen LogP contribution in [-0.4, -0.2) is 39.9 Å². The maximum Gasteiger partial charge on any atom is 0.225 e. The molecule has 0 spiro atoms. The van der Waals surface area contributed by atoms with Crippen molar-refractivity contribution in [2.24, 2.45) is 13.0 Å². The van der Waals surface area contributed by atoms with Gasteiger partial charge in [0, 0.05) is 45.9 Å². The molecule has 2 aromatic heterocycles. The molecule has 0 radical (unpaired) electrons. The summed E-state index contributed by atoms with van der Waals surface area (Å²) < 4.78 is 7.13. The molecule has 2 atom stereocenters. The number of hydrogen-bond acceptors (Lipinski definition) is 4. The number of carbonyl (C=O) groups excluding carboxylic acids is 2. The molecule has 1 aliphatic rings. The van der Waals surface area contributed by atoms with Crippen molar-refractivity contribution < 1.29 is 14.0 Å². The van der Waals surface area contributed by atoms with Crippen LogP contribution in [0.5, 0.6) is 0 Å². The first kappa shape index (κ1) is 16.3. The minimum atomic E-state index is -0.338. The second-order valence-electron chi connectivity index (χ2n) is 6.11. The number of rotatable bonds is 5. The first-order chi connectivity index (χ1) is 11.6. The summed E-state index contributed by atoms with van der Waals surface area (Å²) in [6, 6.07) is 3.38. The zero-order chi connectivity index (χ0) is 17.1. The fraction of sp³-hybridized carbons (Fsp3) is 0.471. The molecule has 128 valence electrons. The third-order valence-electron chi connectivity index (χ3n) is 4.57. The van der Waals surface area contributed by atoms with Crippen molar-refractivity contribution in [1.29, 1.82) is 0 Å². The monoisotopic (exact) mass is 330 g/mol. The third kappa shape index (κ3) is 3.20. The zero-order valence-electron chi connectivity index (χ0n) is 13.9. The molecule has 7 heteroatoms. The number of piperidine rings is 1. The van der Waals surface area contributed by atoms with E-state index in [1.807, 2.05) is 29.9 Å². The van der Waals surface area contributed by atoms with Crippen LogP contribution in [0.15, 0.2) is 35.2 Å². The lowest BCUT2D eigenvalue weighted by Crippen LogP contribution is -2.47. The van der Waals surface area contributed by atoms with Gasteiger partial charge in [-0.05, 0) is 18.6 Å². The van der Waals surface area contributed by atoms with E-state index in [2.05, 4.69) is 10.3 Å². The van der Waals surface area contributed by atoms with Gasteiger partial charge in [0.1, 0.15) is 17.6 Å². The number of amides is 2. The van der Waals surface area contributed by atoms with Gasteiger partial charge in [-0.3, -0.25) is 9.59 Å². The Labute approximate surface area is 140 Å². The van der Waals surface area contributed by atoms with E-state index >= 15 is 0 Å². The fourth-order valence-electron chi connectivity index (χ4n) is 3.22. The lowest BCUT2D eigenvalue weighted by Gasteiger charge is -2.37. The smallest absolute Gasteiger partial charge is 0.225 e. The van der Waals surface area contributed by atoms with Gasteiger partial charge in [0.2, 0.25) is 11.8 Å². The number of aryl methyl sites for hydroxylation is 1. The molecule has 0 unspecified atom stereocenters. The highest BCUT2D eigenvalue weighted by atomic mass is 16.3. The Hall–Kier alpha value is -2.57. The molecule has 0 saturated carbocycles. The Kier molecular flexibility index (Phi) is 4.69. The van der Waals surface area contributed by atoms with E-state index in [9.17, 15) is 9.59 Å². The van der Waals surface area contributed by atoms with Gasteiger partial charge >= 0.3 is 0 Å². The van der Waals surface area contributed by atoms with Gasteiger partial charge in [-0.2, -0.15) is 0 Å². The van der Waals surface area contributed by atoms with E-state index < -0.39 is 0 Å². The summed E-state index contributed by atoms with van der Waals surface area (Å²) in [5.74, 6) is 1.27. The predicted molar refractivity (Wildman–Crippen MR) is 86.9 cm³/mol. The molecule has 1 saturated heterocycles. The van der Waals surface area contributed by atoms with Crippen molar-refractivity contribution in [1.82, 2.24) is 19.8 Å². The molecule has 1 N–H and O–H groups in total. The van der Waals surface area contributed by atoms with Crippen LogP contribution in [-0.2, 0) is 23.1 Å². The van der Waals surface area contributed by atoms with Gasteiger partial charge in [0.05, 0.1) is 12.2 Å². The van der Waals surface area contributed by atoms with Gasteiger partial charge in [-0.25, -0.2) is 4.98 Å². The van der Waals surface area contributed by atoms with Crippen LogP contribution in [0.1, 0.15) is 30.5 Å². The Morgan fingerprint density at radius 1 is 1.46 bits per heavy atom. The van der Waals surface area contributed by atoms with Crippen LogP contribution in [0, 0.1) is 5.92 Å². The molecule has 0 aliphatic carbocycles. The predicted octanol–water partition coefficient (Wildman–Crippen LogP) is 1.28. The second kappa shape index (κ2) is 6.90. The number of aromatic nitrogens is 2. The topological polar surface area (TPSA) is 80.4 Å². The summed E-state index contributed by atoms with van der Waals surface area (Å²) in [5, 5.41) is 2.96. The maximum atomic E-state index is 12.7. The highest BCUT2D eigenvalue weighted by Crippen LogP contribution is 2.34. The summed E-state index contributed by atoms with van der Waals surface area (Å²) >= 11 is 0. The average Bonchev–Trinajstić information content (AvgIpc) is 3.21. The fourth-order valence-corrected chi connectivity index (χ4v) is 3.22. The highest BCUT2D eigenvalue weighted by molar-refractivity contribution is 5.84. The van der Waals surface area contributed by atoms with E-state index in [-0.39, 0.29) is 23.8 Å². The molecule has 0 aromatic carbocycles. The normalized spacial score (nSPS) is 21.1. The van der Waals surface area contributed by atoms with Crippen LogP contribution in [0.25, 0.3) is 0 Å². The lowest BCUT2D eigenvalue weighted by atomic mass is 9.87. The number of furan rings is 1. The number of nitrogens with zero attached hydrogens (tertiary/aromatic N) is 3. The van der Waals surface area contributed by atoms with Crippen molar-refractivity contribution in [3.8, 4) is 0 Å².